The number of nitrogens with zero attached hydrogens (tertiary/aromatic N) is 2. The summed E-state index contributed by atoms with van der Waals surface area (Å²) in [6, 6.07) is 4.01. The number of pyridine rings is 1. The first-order valence-corrected chi connectivity index (χ1v) is 6.56. The minimum atomic E-state index is 0.319. The monoisotopic (exact) mass is 284 g/mol. The van der Waals surface area contributed by atoms with Gasteiger partial charge >= 0.3 is 0 Å². The number of anilines is 1. The molecule has 4 heteroatoms. The fourth-order valence-electron chi connectivity index (χ4n) is 2.20. The van der Waals surface area contributed by atoms with Gasteiger partial charge in [-0.25, -0.2) is 4.98 Å². The summed E-state index contributed by atoms with van der Waals surface area (Å²) in [5.74, 6) is 1.74. The average molecular weight is 285 g/mol. The number of piperidine rings is 1. The second kappa shape index (κ2) is 5.64. The molecule has 3 nitrogen and oxygen atoms in total. The van der Waals surface area contributed by atoms with Crippen LogP contribution < -0.4 is 4.90 Å². The Kier molecular flexibility index (Phi) is 4.18. The first-order valence-electron chi connectivity index (χ1n) is 5.77. The number of hydrogen-bond donors (Lipinski definition) is 1. The molecule has 0 unspecified atom stereocenters. The number of aromatic nitrogens is 1. The molecule has 0 bridgehead atoms. The van der Waals surface area contributed by atoms with Gasteiger partial charge in [-0.3, -0.25) is 0 Å². The van der Waals surface area contributed by atoms with Gasteiger partial charge in [-0.2, -0.15) is 0 Å². The molecule has 0 amide bonds. The average Bonchev–Trinajstić information content (AvgIpc) is 2.30. The lowest BCUT2D eigenvalue weighted by atomic mass is 9.94. The van der Waals surface area contributed by atoms with Crippen LogP contribution in [0.25, 0.3) is 0 Å². The predicted octanol–water partition coefficient (Wildman–Crippen LogP) is 2.44. The zero-order valence-corrected chi connectivity index (χ0v) is 10.9. The van der Waals surface area contributed by atoms with Crippen LogP contribution >= 0.6 is 15.9 Å². The van der Waals surface area contributed by atoms with E-state index in [0.717, 1.165) is 42.6 Å². The summed E-state index contributed by atoms with van der Waals surface area (Å²) in [5, 5.41) is 8.91. The first-order chi connectivity index (χ1) is 7.79. The van der Waals surface area contributed by atoms with Gasteiger partial charge in [0.05, 0.1) is 0 Å². The van der Waals surface area contributed by atoms with E-state index in [0.29, 0.717) is 12.5 Å². The molecule has 1 aromatic rings. The third kappa shape index (κ3) is 2.95. The Morgan fingerprint density at radius 3 is 2.81 bits per heavy atom. The summed E-state index contributed by atoms with van der Waals surface area (Å²) in [7, 11) is 0. The second-order valence-electron chi connectivity index (χ2n) is 4.27. The van der Waals surface area contributed by atoms with E-state index in [1.807, 2.05) is 12.3 Å². The lowest BCUT2D eigenvalue weighted by Gasteiger charge is -2.32. The zero-order valence-electron chi connectivity index (χ0n) is 9.27. The number of rotatable bonds is 3. The van der Waals surface area contributed by atoms with Crippen molar-refractivity contribution in [1.82, 2.24) is 4.98 Å². The molecule has 0 atom stereocenters. The van der Waals surface area contributed by atoms with Crippen LogP contribution in [0.15, 0.2) is 22.8 Å². The molecule has 0 aliphatic carbocycles. The van der Waals surface area contributed by atoms with Gasteiger partial charge in [0.25, 0.3) is 0 Å². The summed E-state index contributed by atoms with van der Waals surface area (Å²) in [6.07, 6.45) is 5.10. The van der Waals surface area contributed by atoms with E-state index in [2.05, 4.69) is 31.9 Å². The number of halogens is 1. The van der Waals surface area contributed by atoms with Crippen LogP contribution in [-0.4, -0.2) is 29.8 Å². The van der Waals surface area contributed by atoms with Gasteiger partial charge in [0, 0.05) is 30.4 Å². The highest BCUT2D eigenvalue weighted by molar-refractivity contribution is 9.10. The van der Waals surface area contributed by atoms with Crippen molar-refractivity contribution in [3.63, 3.8) is 0 Å². The van der Waals surface area contributed by atoms with Gasteiger partial charge in [0.1, 0.15) is 5.82 Å². The molecule has 1 N–H and O–H groups in total. The van der Waals surface area contributed by atoms with E-state index in [-0.39, 0.29) is 0 Å². The molecule has 1 aromatic heterocycles. The molecule has 0 radical (unpaired) electrons. The van der Waals surface area contributed by atoms with E-state index in [9.17, 15) is 0 Å². The van der Waals surface area contributed by atoms with Crippen molar-refractivity contribution < 1.29 is 5.11 Å². The van der Waals surface area contributed by atoms with Crippen molar-refractivity contribution in [2.24, 2.45) is 5.92 Å². The van der Waals surface area contributed by atoms with Gasteiger partial charge in [0.15, 0.2) is 0 Å². The predicted molar refractivity (Wildman–Crippen MR) is 68.6 cm³/mol. The van der Waals surface area contributed by atoms with E-state index in [1.54, 1.807) is 0 Å². The van der Waals surface area contributed by atoms with Crippen molar-refractivity contribution in [3.05, 3.63) is 22.8 Å². The molecule has 1 fully saturated rings. The van der Waals surface area contributed by atoms with E-state index >= 15 is 0 Å². The van der Waals surface area contributed by atoms with Crippen molar-refractivity contribution in [2.45, 2.75) is 19.3 Å². The van der Waals surface area contributed by atoms with Crippen molar-refractivity contribution >= 4 is 21.7 Å². The maximum atomic E-state index is 8.91. The Bertz CT molecular complexity index is 338. The number of aliphatic hydroxyl groups is 1. The van der Waals surface area contributed by atoms with Gasteiger partial charge in [-0.1, -0.05) is 15.9 Å². The second-order valence-corrected chi connectivity index (χ2v) is 5.19. The largest absolute Gasteiger partial charge is 0.396 e. The summed E-state index contributed by atoms with van der Waals surface area (Å²) < 4.78 is 1.08. The topological polar surface area (TPSA) is 36.4 Å². The summed E-state index contributed by atoms with van der Waals surface area (Å²) >= 11 is 3.47. The fourth-order valence-corrected chi connectivity index (χ4v) is 2.52. The minimum absolute atomic E-state index is 0.319. The van der Waals surface area contributed by atoms with Gasteiger partial charge < -0.3 is 10.0 Å². The van der Waals surface area contributed by atoms with Crippen LogP contribution in [0.5, 0.6) is 0 Å². The standard InChI is InChI=1S/C12H17BrN2O/c13-11-1-5-14-12(9-11)15-6-2-10(3-7-15)4-8-16/h1,5,9-10,16H,2-4,6-8H2. The summed E-state index contributed by atoms with van der Waals surface area (Å²) in [5.41, 5.74) is 0. The molecule has 16 heavy (non-hydrogen) atoms. The van der Waals surface area contributed by atoms with Crippen LogP contribution in [0.3, 0.4) is 0 Å². The Morgan fingerprint density at radius 2 is 2.19 bits per heavy atom. The SMILES string of the molecule is OCCC1CCN(c2cc(Br)ccn2)CC1. The van der Waals surface area contributed by atoms with Crippen LogP contribution in [0.4, 0.5) is 5.82 Å². The quantitative estimate of drug-likeness (QED) is 0.926. The molecule has 2 heterocycles. The zero-order chi connectivity index (χ0) is 11.4. The number of hydrogen-bond acceptors (Lipinski definition) is 3. The molecular formula is C12H17BrN2O. The Labute approximate surface area is 105 Å². The maximum Gasteiger partial charge on any atom is 0.129 e. The Hall–Kier alpha value is -0.610. The molecular weight excluding hydrogens is 268 g/mol. The Morgan fingerprint density at radius 1 is 1.44 bits per heavy atom. The van der Waals surface area contributed by atoms with Gasteiger partial charge in [0.2, 0.25) is 0 Å². The Balaban J connectivity index is 1.94. The summed E-state index contributed by atoms with van der Waals surface area (Å²) in [6.45, 7) is 2.42. The lowest BCUT2D eigenvalue weighted by molar-refractivity contribution is 0.240. The van der Waals surface area contributed by atoms with Gasteiger partial charge in [-0.15, -0.1) is 0 Å². The third-order valence-electron chi connectivity index (χ3n) is 3.18. The molecule has 0 saturated carbocycles. The van der Waals surface area contributed by atoms with Crippen LogP contribution in [0, 0.1) is 5.92 Å². The highest BCUT2D eigenvalue weighted by Crippen LogP contribution is 2.25. The smallest absolute Gasteiger partial charge is 0.129 e. The highest BCUT2D eigenvalue weighted by atomic mass is 79.9. The van der Waals surface area contributed by atoms with Crippen molar-refractivity contribution in [2.75, 3.05) is 24.6 Å². The molecule has 1 saturated heterocycles. The lowest BCUT2D eigenvalue weighted by Crippen LogP contribution is -2.34. The number of aliphatic hydroxyl groups excluding tert-OH is 1. The van der Waals surface area contributed by atoms with Crippen LogP contribution in [-0.2, 0) is 0 Å². The van der Waals surface area contributed by atoms with E-state index in [4.69, 9.17) is 5.11 Å². The van der Waals surface area contributed by atoms with Crippen molar-refractivity contribution in [3.8, 4) is 0 Å². The van der Waals surface area contributed by atoms with Crippen molar-refractivity contribution in [1.29, 1.82) is 0 Å². The molecule has 1 aliphatic heterocycles. The third-order valence-corrected chi connectivity index (χ3v) is 3.68. The first kappa shape index (κ1) is 11.9. The minimum Gasteiger partial charge on any atom is -0.396 e. The molecule has 2 rings (SSSR count). The highest BCUT2D eigenvalue weighted by Gasteiger charge is 2.19. The fraction of sp³-hybridized carbons (Fsp3) is 0.583. The molecule has 0 spiro atoms. The molecule has 1 aliphatic rings. The van der Waals surface area contributed by atoms with E-state index in [1.165, 1.54) is 0 Å². The van der Waals surface area contributed by atoms with Crippen LogP contribution in [0.2, 0.25) is 0 Å². The van der Waals surface area contributed by atoms with Gasteiger partial charge in [-0.05, 0) is 37.3 Å². The maximum absolute atomic E-state index is 8.91. The molecule has 0 aromatic carbocycles. The van der Waals surface area contributed by atoms with E-state index < -0.39 is 0 Å². The van der Waals surface area contributed by atoms with Crippen LogP contribution in [0.1, 0.15) is 19.3 Å². The normalized spacial score (nSPS) is 17.8. The summed E-state index contributed by atoms with van der Waals surface area (Å²) in [4.78, 5) is 6.70. The molecule has 88 valence electrons.